The van der Waals surface area contributed by atoms with E-state index >= 15 is 0 Å². The van der Waals surface area contributed by atoms with Gasteiger partial charge in [-0.3, -0.25) is 4.79 Å². The number of carboxylic acids is 1. The number of ether oxygens (including phenoxy) is 1. The number of hydrogen-bond donors (Lipinski definition) is 1. The van der Waals surface area contributed by atoms with Crippen LogP contribution in [0.15, 0.2) is 23.1 Å². The van der Waals surface area contributed by atoms with Gasteiger partial charge in [-0.05, 0) is 24.6 Å². The minimum absolute atomic E-state index is 0.352. The number of aryl methyl sites for hydroxylation is 1. The van der Waals surface area contributed by atoms with Crippen LogP contribution in [0.25, 0.3) is 0 Å². The Morgan fingerprint density at radius 2 is 2.25 bits per heavy atom. The molecule has 0 fully saturated rings. The van der Waals surface area contributed by atoms with Crippen LogP contribution in [0.5, 0.6) is 5.75 Å². The van der Waals surface area contributed by atoms with Crippen molar-refractivity contribution in [1.82, 2.24) is 0 Å². The summed E-state index contributed by atoms with van der Waals surface area (Å²) in [5.74, 6) is 0.234. The van der Waals surface area contributed by atoms with Gasteiger partial charge in [0.1, 0.15) is 5.75 Å². The minimum atomic E-state index is -0.765. The van der Waals surface area contributed by atoms with E-state index in [1.807, 2.05) is 25.1 Å². The standard InChI is InChI=1S/C12H16O3S/c1-8-4-5-10(15-3)11(6-8)16-7-9(2)12(13)14/h4-6,9H,7H2,1-3H3,(H,13,14). The van der Waals surface area contributed by atoms with Crippen molar-refractivity contribution < 1.29 is 14.6 Å². The second-order valence-corrected chi connectivity index (χ2v) is 4.77. The van der Waals surface area contributed by atoms with Gasteiger partial charge in [-0.1, -0.05) is 13.0 Å². The number of hydrogen-bond acceptors (Lipinski definition) is 3. The molecule has 1 rings (SSSR count). The van der Waals surface area contributed by atoms with Crippen LogP contribution in [0.2, 0.25) is 0 Å². The first-order valence-corrected chi connectivity index (χ1v) is 6.03. The third-order valence-electron chi connectivity index (χ3n) is 2.23. The Morgan fingerprint density at radius 3 is 2.81 bits per heavy atom. The molecule has 1 aromatic rings. The fraction of sp³-hybridized carbons (Fsp3) is 0.417. The lowest BCUT2D eigenvalue weighted by molar-refractivity contribution is -0.140. The predicted molar refractivity (Wildman–Crippen MR) is 65.3 cm³/mol. The molecule has 1 atom stereocenters. The van der Waals surface area contributed by atoms with Crippen molar-refractivity contribution in [3.05, 3.63) is 23.8 Å². The Labute approximate surface area is 99.8 Å². The molecule has 1 unspecified atom stereocenters. The molecule has 1 N–H and O–H groups in total. The molecule has 1 aromatic carbocycles. The quantitative estimate of drug-likeness (QED) is 0.804. The summed E-state index contributed by atoms with van der Waals surface area (Å²) < 4.78 is 5.22. The summed E-state index contributed by atoms with van der Waals surface area (Å²) in [5.41, 5.74) is 1.14. The maximum atomic E-state index is 10.7. The van der Waals surface area contributed by atoms with Gasteiger partial charge in [-0.25, -0.2) is 0 Å². The maximum Gasteiger partial charge on any atom is 0.307 e. The largest absolute Gasteiger partial charge is 0.496 e. The van der Waals surface area contributed by atoms with Gasteiger partial charge in [0.2, 0.25) is 0 Å². The maximum absolute atomic E-state index is 10.7. The molecule has 0 amide bonds. The van der Waals surface area contributed by atoms with Gasteiger partial charge in [0, 0.05) is 10.6 Å². The van der Waals surface area contributed by atoms with Crippen molar-refractivity contribution in [2.45, 2.75) is 18.7 Å². The van der Waals surface area contributed by atoms with E-state index in [0.717, 1.165) is 16.2 Å². The van der Waals surface area contributed by atoms with Crippen LogP contribution in [-0.2, 0) is 4.79 Å². The van der Waals surface area contributed by atoms with E-state index in [1.165, 1.54) is 11.8 Å². The van der Waals surface area contributed by atoms with E-state index in [4.69, 9.17) is 9.84 Å². The second kappa shape index (κ2) is 5.80. The second-order valence-electron chi connectivity index (χ2n) is 3.70. The molecule has 0 aromatic heterocycles. The van der Waals surface area contributed by atoms with Crippen LogP contribution < -0.4 is 4.74 Å². The first kappa shape index (κ1) is 12.9. The predicted octanol–water partition coefficient (Wildman–Crippen LogP) is 2.82. The average Bonchev–Trinajstić information content (AvgIpc) is 2.25. The molecule has 4 heteroatoms. The molecule has 0 saturated heterocycles. The zero-order valence-corrected chi connectivity index (χ0v) is 10.5. The monoisotopic (exact) mass is 240 g/mol. The highest BCUT2D eigenvalue weighted by atomic mass is 32.2. The molecule has 0 spiro atoms. The lowest BCUT2D eigenvalue weighted by atomic mass is 10.2. The summed E-state index contributed by atoms with van der Waals surface area (Å²) in [6, 6.07) is 5.89. The van der Waals surface area contributed by atoms with Gasteiger partial charge in [-0.15, -0.1) is 11.8 Å². The molecule has 0 radical (unpaired) electrons. The first-order chi connectivity index (χ1) is 7.54. The topological polar surface area (TPSA) is 46.5 Å². The molecule has 0 saturated carbocycles. The highest BCUT2D eigenvalue weighted by Crippen LogP contribution is 2.31. The van der Waals surface area contributed by atoms with Gasteiger partial charge in [0.05, 0.1) is 13.0 Å². The van der Waals surface area contributed by atoms with E-state index in [9.17, 15) is 4.79 Å². The van der Waals surface area contributed by atoms with Gasteiger partial charge < -0.3 is 9.84 Å². The number of carbonyl (C=O) groups is 1. The van der Waals surface area contributed by atoms with Crippen LogP contribution >= 0.6 is 11.8 Å². The Kier molecular flexibility index (Phi) is 4.68. The van der Waals surface area contributed by atoms with Crippen LogP contribution in [0.4, 0.5) is 0 Å². The first-order valence-electron chi connectivity index (χ1n) is 5.05. The minimum Gasteiger partial charge on any atom is -0.496 e. The molecule has 0 bridgehead atoms. The summed E-state index contributed by atoms with van der Waals surface area (Å²) in [5, 5.41) is 8.80. The Hall–Kier alpha value is -1.16. The molecule has 3 nitrogen and oxygen atoms in total. The third kappa shape index (κ3) is 3.45. The van der Waals surface area contributed by atoms with Gasteiger partial charge >= 0.3 is 5.97 Å². The van der Waals surface area contributed by atoms with Crippen molar-refractivity contribution in [3.63, 3.8) is 0 Å². The highest BCUT2D eigenvalue weighted by molar-refractivity contribution is 7.99. The lowest BCUT2D eigenvalue weighted by Crippen LogP contribution is -2.11. The zero-order chi connectivity index (χ0) is 12.1. The number of methoxy groups -OCH3 is 1. The Bertz CT molecular complexity index is 377. The summed E-state index contributed by atoms with van der Waals surface area (Å²) in [6.07, 6.45) is 0. The van der Waals surface area contributed by atoms with Crippen molar-refractivity contribution >= 4 is 17.7 Å². The normalized spacial score (nSPS) is 12.2. The smallest absolute Gasteiger partial charge is 0.307 e. The number of rotatable bonds is 5. The molecule has 0 aliphatic heterocycles. The molecule has 16 heavy (non-hydrogen) atoms. The number of thioether (sulfide) groups is 1. The Morgan fingerprint density at radius 1 is 1.56 bits per heavy atom. The number of benzene rings is 1. The van der Waals surface area contributed by atoms with Crippen LogP contribution in [0, 0.1) is 12.8 Å². The summed E-state index contributed by atoms with van der Waals surface area (Å²) in [6.45, 7) is 3.71. The van der Waals surface area contributed by atoms with E-state index in [0.29, 0.717) is 5.75 Å². The Balaban J connectivity index is 2.72. The number of carboxylic acid groups (broad SMARTS) is 1. The van der Waals surface area contributed by atoms with Crippen molar-refractivity contribution in [2.24, 2.45) is 5.92 Å². The van der Waals surface area contributed by atoms with Crippen LogP contribution in [0.3, 0.4) is 0 Å². The number of aliphatic carboxylic acids is 1. The van der Waals surface area contributed by atoms with Crippen molar-refractivity contribution in [3.8, 4) is 5.75 Å². The van der Waals surface area contributed by atoms with Crippen molar-refractivity contribution in [1.29, 1.82) is 0 Å². The summed E-state index contributed by atoms with van der Waals surface area (Å²) in [7, 11) is 1.62. The fourth-order valence-electron chi connectivity index (χ4n) is 1.18. The molecular weight excluding hydrogens is 224 g/mol. The average molecular weight is 240 g/mol. The third-order valence-corrected chi connectivity index (χ3v) is 3.53. The van der Waals surface area contributed by atoms with E-state index in [2.05, 4.69) is 0 Å². The zero-order valence-electron chi connectivity index (χ0n) is 9.69. The lowest BCUT2D eigenvalue weighted by Gasteiger charge is -2.10. The van der Waals surface area contributed by atoms with Crippen molar-refractivity contribution in [2.75, 3.05) is 12.9 Å². The molecule has 88 valence electrons. The van der Waals surface area contributed by atoms with E-state index < -0.39 is 5.97 Å². The molecule has 0 aliphatic carbocycles. The highest BCUT2D eigenvalue weighted by Gasteiger charge is 2.12. The molecular formula is C12H16O3S. The van der Waals surface area contributed by atoms with Gasteiger partial charge in [0.25, 0.3) is 0 Å². The van der Waals surface area contributed by atoms with E-state index in [-0.39, 0.29) is 5.92 Å². The van der Waals surface area contributed by atoms with Crippen LogP contribution in [-0.4, -0.2) is 23.9 Å². The SMILES string of the molecule is COc1ccc(C)cc1SCC(C)C(=O)O. The summed E-state index contributed by atoms with van der Waals surface area (Å²) in [4.78, 5) is 11.7. The molecule has 0 heterocycles. The fourth-order valence-corrected chi connectivity index (χ4v) is 2.32. The van der Waals surface area contributed by atoms with Gasteiger partial charge in [-0.2, -0.15) is 0 Å². The molecule has 0 aliphatic rings. The van der Waals surface area contributed by atoms with Crippen LogP contribution in [0.1, 0.15) is 12.5 Å². The summed E-state index contributed by atoms with van der Waals surface area (Å²) >= 11 is 1.52. The van der Waals surface area contributed by atoms with E-state index in [1.54, 1.807) is 14.0 Å². The van der Waals surface area contributed by atoms with Gasteiger partial charge in [0.15, 0.2) is 0 Å².